The van der Waals surface area contributed by atoms with Crippen LogP contribution in [0.15, 0.2) is 48.5 Å². The van der Waals surface area contributed by atoms with Gasteiger partial charge in [-0.1, -0.05) is 47.2 Å². The lowest BCUT2D eigenvalue weighted by atomic mass is 10.1. The van der Waals surface area contributed by atoms with Crippen molar-refractivity contribution in [2.75, 3.05) is 11.9 Å². The number of hydrogen-bond donors (Lipinski definition) is 1. The minimum Gasteiger partial charge on any atom is -0.492 e. The number of para-hydroxylation sites is 1. The lowest BCUT2D eigenvalue weighted by molar-refractivity contribution is -0.116. The summed E-state index contributed by atoms with van der Waals surface area (Å²) in [6.07, 6.45) is 0.732. The van der Waals surface area contributed by atoms with Gasteiger partial charge in [-0.3, -0.25) is 19.3 Å². The SMILES string of the molecule is O=C(CCCOc1ccccc1Cl)Nc1nnc(CN2C(=O)c3ccccc3C2=O)s1. The number of hydrogen-bond acceptors (Lipinski definition) is 7. The molecular formula is C21H17ClN4O4S. The number of imide groups is 1. The van der Waals surface area contributed by atoms with Gasteiger partial charge in [-0.2, -0.15) is 0 Å². The average Bonchev–Trinajstić information content (AvgIpc) is 3.31. The number of carbonyl (C=O) groups is 3. The van der Waals surface area contributed by atoms with Gasteiger partial charge in [-0.05, 0) is 30.7 Å². The summed E-state index contributed by atoms with van der Waals surface area (Å²) in [7, 11) is 0. The molecule has 0 unspecified atom stereocenters. The quantitative estimate of drug-likeness (QED) is 0.409. The summed E-state index contributed by atoms with van der Waals surface area (Å²) in [5.41, 5.74) is 0.758. The predicted octanol–water partition coefficient (Wildman–Crippen LogP) is 3.79. The number of ether oxygens (including phenoxy) is 1. The van der Waals surface area contributed by atoms with Gasteiger partial charge in [-0.25, -0.2) is 0 Å². The zero-order valence-electron chi connectivity index (χ0n) is 16.2. The van der Waals surface area contributed by atoms with Crippen molar-refractivity contribution in [3.63, 3.8) is 0 Å². The molecule has 10 heteroatoms. The highest BCUT2D eigenvalue weighted by atomic mass is 35.5. The van der Waals surface area contributed by atoms with Gasteiger partial charge in [0.25, 0.3) is 11.8 Å². The Kier molecular flexibility index (Phi) is 6.24. The van der Waals surface area contributed by atoms with Crippen molar-refractivity contribution < 1.29 is 19.1 Å². The molecule has 158 valence electrons. The lowest BCUT2D eigenvalue weighted by Gasteiger charge is -2.10. The molecule has 4 rings (SSSR count). The third-order valence-corrected chi connectivity index (χ3v) is 5.66. The van der Waals surface area contributed by atoms with E-state index in [0.717, 1.165) is 16.2 Å². The third kappa shape index (κ3) is 4.73. The largest absolute Gasteiger partial charge is 0.492 e. The van der Waals surface area contributed by atoms with Crippen LogP contribution < -0.4 is 10.1 Å². The average molecular weight is 457 g/mol. The van der Waals surface area contributed by atoms with Crippen LogP contribution in [0.3, 0.4) is 0 Å². The van der Waals surface area contributed by atoms with Crippen LogP contribution in [0.25, 0.3) is 0 Å². The van der Waals surface area contributed by atoms with E-state index in [1.165, 1.54) is 0 Å². The topological polar surface area (TPSA) is 101 Å². The van der Waals surface area contributed by atoms with Crippen LogP contribution in [-0.2, 0) is 11.3 Å². The highest BCUT2D eigenvalue weighted by molar-refractivity contribution is 7.15. The molecule has 31 heavy (non-hydrogen) atoms. The molecule has 3 aromatic rings. The maximum Gasteiger partial charge on any atom is 0.261 e. The number of nitrogens with one attached hydrogen (secondary N) is 1. The molecular weight excluding hydrogens is 440 g/mol. The second-order valence-electron chi connectivity index (χ2n) is 6.67. The second kappa shape index (κ2) is 9.23. The Morgan fingerprint density at radius 2 is 1.71 bits per heavy atom. The number of nitrogens with zero attached hydrogens (tertiary/aromatic N) is 3. The Morgan fingerprint density at radius 3 is 2.42 bits per heavy atom. The molecule has 0 aliphatic carbocycles. The van der Waals surface area contributed by atoms with Gasteiger partial charge in [0.05, 0.1) is 29.3 Å². The molecule has 0 radical (unpaired) electrons. The number of anilines is 1. The van der Waals surface area contributed by atoms with Gasteiger partial charge in [-0.15, -0.1) is 10.2 Å². The molecule has 1 aliphatic heterocycles. The van der Waals surface area contributed by atoms with Crippen molar-refractivity contribution in [3.8, 4) is 5.75 Å². The maximum atomic E-state index is 12.4. The molecule has 8 nitrogen and oxygen atoms in total. The Labute approximate surface area is 186 Å². The normalized spacial score (nSPS) is 12.7. The van der Waals surface area contributed by atoms with Crippen LogP contribution in [0, 0.1) is 0 Å². The first-order valence-electron chi connectivity index (χ1n) is 9.47. The number of benzene rings is 2. The molecule has 1 aliphatic rings. The van der Waals surface area contributed by atoms with Gasteiger partial charge in [0, 0.05) is 6.42 Å². The molecule has 3 amide bonds. The molecule has 0 spiro atoms. The molecule has 2 aromatic carbocycles. The molecule has 0 saturated heterocycles. The highest BCUT2D eigenvalue weighted by Crippen LogP contribution is 2.26. The predicted molar refractivity (Wildman–Crippen MR) is 115 cm³/mol. The van der Waals surface area contributed by atoms with Gasteiger partial charge < -0.3 is 10.1 Å². The molecule has 0 fully saturated rings. The Hall–Kier alpha value is -3.30. The van der Waals surface area contributed by atoms with Crippen molar-refractivity contribution in [1.82, 2.24) is 15.1 Å². The summed E-state index contributed by atoms with van der Waals surface area (Å²) in [4.78, 5) is 38.1. The van der Waals surface area contributed by atoms with Crippen molar-refractivity contribution in [2.24, 2.45) is 0 Å². The van der Waals surface area contributed by atoms with Crippen molar-refractivity contribution in [1.29, 1.82) is 0 Å². The van der Waals surface area contributed by atoms with E-state index in [1.807, 2.05) is 12.1 Å². The smallest absolute Gasteiger partial charge is 0.261 e. The Balaban J connectivity index is 1.26. The van der Waals surface area contributed by atoms with Crippen molar-refractivity contribution in [2.45, 2.75) is 19.4 Å². The van der Waals surface area contributed by atoms with Gasteiger partial charge in [0.2, 0.25) is 11.0 Å². The van der Waals surface area contributed by atoms with E-state index in [-0.39, 0.29) is 30.7 Å². The third-order valence-electron chi connectivity index (χ3n) is 4.53. The number of aromatic nitrogens is 2. The van der Waals surface area contributed by atoms with Crippen LogP contribution in [-0.4, -0.2) is 39.4 Å². The van der Waals surface area contributed by atoms with E-state index >= 15 is 0 Å². The summed E-state index contributed by atoms with van der Waals surface area (Å²) in [6, 6.07) is 13.8. The summed E-state index contributed by atoms with van der Waals surface area (Å²) in [6.45, 7) is 0.351. The van der Waals surface area contributed by atoms with Crippen molar-refractivity contribution >= 4 is 45.8 Å². The fraction of sp³-hybridized carbons (Fsp3) is 0.190. The van der Waals surface area contributed by atoms with E-state index < -0.39 is 0 Å². The van der Waals surface area contributed by atoms with Crippen LogP contribution in [0.2, 0.25) is 5.02 Å². The number of rotatable bonds is 8. The minimum absolute atomic E-state index is 0.00551. The van der Waals surface area contributed by atoms with Gasteiger partial charge in [0.15, 0.2) is 0 Å². The van der Waals surface area contributed by atoms with E-state index in [2.05, 4.69) is 15.5 Å². The fourth-order valence-electron chi connectivity index (χ4n) is 3.04. The zero-order chi connectivity index (χ0) is 21.8. The van der Waals surface area contributed by atoms with E-state index in [4.69, 9.17) is 16.3 Å². The first kappa shape index (κ1) is 21.0. The first-order valence-corrected chi connectivity index (χ1v) is 10.7. The first-order chi connectivity index (χ1) is 15.0. The zero-order valence-corrected chi connectivity index (χ0v) is 17.8. The molecule has 1 aromatic heterocycles. The van der Waals surface area contributed by atoms with E-state index in [0.29, 0.717) is 45.1 Å². The minimum atomic E-state index is -0.361. The van der Waals surface area contributed by atoms with E-state index in [1.54, 1.807) is 36.4 Å². The van der Waals surface area contributed by atoms with Crippen LogP contribution in [0.1, 0.15) is 38.6 Å². The highest BCUT2D eigenvalue weighted by Gasteiger charge is 2.35. The van der Waals surface area contributed by atoms with Crippen molar-refractivity contribution in [3.05, 3.63) is 69.7 Å². The molecule has 0 bridgehead atoms. The molecule has 2 heterocycles. The van der Waals surface area contributed by atoms with Crippen LogP contribution >= 0.6 is 22.9 Å². The standard InChI is InChI=1S/C21H17ClN4O4S/c22-15-8-3-4-9-16(15)30-11-5-10-17(27)23-21-25-24-18(31-21)12-26-19(28)13-6-1-2-7-14(13)20(26)29/h1-4,6-9H,5,10-12H2,(H,23,25,27). The number of amides is 3. The molecule has 0 atom stereocenters. The number of carbonyl (C=O) groups excluding carboxylic acids is 3. The Bertz CT molecular complexity index is 1110. The summed E-state index contributed by atoms with van der Waals surface area (Å²) in [5, 5.41) is 11.9. The van der Waals surface area contributed by atoms with Crippen LogP contribution in [0.4, 0.5) is 5.13 Å². The lowest BCUT2D eigenvalue weighted by Crippen LogP contribution is -2.29. The Morgan fingerprint density at radius 1 is 1.03 bits per heavy atom. The maximum absolute atomic E-state index is 12.4. The molecule has 1 N–H and O–H groups in total. The monoisotopic (exact) mass is 456 g/mol. The van der Waals surface area contributed by atoms with E-state index in [9.17, 15) is 14.4 Å². The van der Waals surface area contributed by atoms with Crippen LogP contribution in [0.5, 0.6) is 5.75 Å². The fourth-order valence-corrected chi connectivity index (χ4v) is 3.98. The second-order valence-corrected chi connectivity index (χ2v) is 8.14. The van der Waals surface area contributed by atoms with Gasteiger partial charge in [0.1, 0.15) is 10.8 Å². The summed E-state index contributed by atoms with van der Waals surface area (Å²) < 4.78 is 5.56. The molecule has 0 saturated carbocycles. The summed E-state index contributed by atoms with van der Waals surface area (Å²) in [5.74, 6) is -0.377. The number of fused-ring (bicyclic) bond motifs is 1. The number of halogens is 1. The van der Waals surface area contributed by atoms with Gasteiger partial charge >= 0.3 is 0 Å². The summed E-state index contributed by atoms with van der Waals surface area (Å²) >= 11 is 7.14.